The fourth-order valence-corrected chi connectivity index (χ4v) is 5.86. The first-order chi connectivity index (χ1) is 20.7. The Kier molecular flexibility index (Phi) is 10.8. The fraction of sp³-hybridized carbons (Fsp3) is 0.516. The van der Waals surface area contributed by atoms with Crippen LogP contribution in [0.3, 0.4) is 0 Å². The van der Waals surface area contributed by atoms with E-state index in [1.54, 1.807) is 31.2 Å². The summed E-state index contributed by atoms with van der Waals surface area (Å²) in [7, 11) is 25.2. The predicted molar refractivity (Wildman–Crippen MR) is 172 cm³/mol. The summed E-state index contributed by atoms with van der Waals surface area (Å²) in [5, 5.41) is 9.82. The van der Waals surface area contributed by atoms with Crippen molar-refractivity contribution in [2.45, 2.75) is 81.7 Å². The van der Waals surface area contributed by atoms with Gasteiger partial charge in [0.15, 0.2) is 0 Å². The van der Waals surface area contributed by atoms with Crippen molar-refractivity contribution in [3.63, 3.8) is 0 Å². The molecule has 2 aromatic rings. The number of hydrogen-bond donors (Lipinski definition) is 2. The van der Waals surface area contributed by atoms with Crippen LogP contribution in [0, 0.1) is 12.7 Å². The molecule has 3 rings (SSSR count). The van der Waals surface area contributed by atoms with E-state index in [1.807, 2.05) is 33.8 Å². The molecule has 8 radical (unpaired) electrons. The Balaban J connectivity index is 1.85. The summed E-state index contributed by atoms with van der Waals surface area (Å²) in [5.74, 6) is -1.30. The van der Waals surface area contributed by atoms with E-state index < -0.39 is 34.4 Å². The number of carbonyl (C=O) groups is 3. The summed E-state index contributed by atoms with van der Waals surface area (Å²) in [6.07, 6.45) is 0.0150. The summed E-state index contributed by atoms with van der Waals surface area (Å²) < 4.78 is 27.4. The van der Waals surface area contributed by atoms with E-state index in [0.717, 1.165) is 5.56 Å². The van der Waals surface area contributed by atoms with Gasteiger partial charge in [-0.15, -0.1) is 0 Å². The lowest BCUT2D eigenvalue weighted by Gasteiger charge is -2.55. The SMILES string of the molecule is [B]C(O)(C=O)C([B])([B])C([B])(C(=O)NC)N(C=O)Cc1c(C)cccc1OCc1ccc(CN2CC(C)(C)OC(C)(C)C2)cc1F. The summed E-state index contributed by atoms with van der Waals surface area (Å²) in [6.45, 7) is 11.3. The van der Waals surface area contributed by atoms with E-state index in [1.165, 1.54) is 13.1 Å². The number of hydrogen-bond acceptors (Lipinski definition) is 7. The van der Waals surface area contributed by atoms with Crippen LogP contribution >= 0.6 is 0 Å². The quantitative estimate of drug-likeness (QED) is 0.259. The van der Waals surface area contributed by atoms with Gasteiger partial charge in [-0.3, -0.25) is 14.5 Å². The van der Waals surface area contributed by atoms with Gasteiger partial charge in [-0.05, 0) is 57.9 Å². The van der Waals surface area contributed by atoms with Crippen molar-refractivity contribution in [3.8, 4) is 5.75 Å². The number of rotatable bonds is 13. The highest BCUT2D eigenvalue weighted by molar-refractivity contribution is 6.55. The minimum Gasteiger partial charge on any atom is -0.488 e. The third-order valence-electron chi connectivity index (χ3n) is 7.99. The molecule has 2 atom stereocenters. The van der Waals surface area contributed by atoms with Crippen molar-refractivity contribution in [2.75, 3.05) is 20.1 Å². The molecule has 1 aliphatic rings. The molecule has 1 fully saturated rings. The fourth-order valence-electron chi connectivity index (χ4n) is 5.86. The Labute approximate surface area is 270 Å². The second-order valence-electron chi connectivity index (χ2n) is 12.9. The average molecular weight is 611 g/mol. The van der Waals surface area contributed by atoms with Crippen molar-refractivity contribution in [3.05, 3.63) is 64.5 Å². The largest absolute Gasteiger partial charge is 0.488 e. The monoisotopic (exact) mass is 611 g/mol. The minimum absolute atomic E-state index is 0.157. The maximum Gasteiger partial charge on any atom is 0.235 e. The van der Waals surface area contributed by atoms with Gasteiger partial charge in [-0.1, -0.05) is 29.5 Å². The molecule has 0 saturated carbocycles. The topological polar surface area (TPSA) is 108 Å². The Morgan fingerprint density at radius 2 is 1.76 bits per heavy atom. The molecule has 0 aromatic heterocycles. The van der Waals surface area contributed by atoms with Gasteiger partial charge < -0.3 is 29.6 Å². The van der Waals surface area contributed by atoms with Crippen LogP contribution in [0.2, 0.25) is 5.21 Å². The molecule has 1 saturated heterocycles. The highest BCUT2D eigenvalue weighted by atomic mass is 19.1. The Hall–Kier alpha value is -3.08. The predicted octanol–water partition coefficient (Wildman–Crippen LogP) is 1.18. The number of nitrogens with zero attached hydrogens (tertiary/aromatic N) is 2. The second-order valence-corrected chi connectivity index (χ2v) is 12.9. The van der Waals surface area contributed by atoms with Gasteiger partial charge in [0, 0.05) is 44.4 Å². The minimum atomic E-state index is -3.02. The first-order valence-electron chi connectivity index (χ1n) is 14.4. The Morgan fingerprint density at radius 3 is 2.29 bits per heavy atom. The molecular weight excluding hydrogens is 573 g/mol. The molecule has 2 N–H and O–H groups in total. The zero-order chi connectivity index (χ0) is 34.0. The van der Waals surface area contributed by atoms with Crippen molar-refractivity contribution < 1.29 is 33.4 Å². The highest BCUT2D eigenvalue weighted by Crippen LogP contribution is 2.43. The summed E-state index contributed by atoms with van der Waals surface area (Å²) >= 11 is 0. The molecule has 1 heterocycles. The van der Waals surface area contributed by atoms with Crippen molar-refractivity contribution in [1.82, 2.24) is 15.1 Å². The number of benzene rings is 2. The number of nitrogens with one attached hydrogen (secondary N) is 1. The molecule has 1 aliphatic heterocycles. The molecule has 2 unspecified atom stereocenters. The maximum atomic E-state index is 15.3. The van der Waals surface area contributed by atoms with Crippen molar-refractivity contribution in [1.29, 1.82) is 0 Å². The lowest BCUT2D eigenvalue weighted by atomic mass is 9.30. The lowest BCUT2D eigenvalue weighted by molar-refractivity contribution is -0.182. The summed E-state index contributed by atoms with van der Waals surface area (Å²) in [4.78, 5) is 39.9. The molecule has 45 heavy (non-hydrogen) atoms. The van der Waals surface area contributed by atoms with E-state index >= 15 is 4.39 Å². The normalized spacial score (nSPS) is 19.0. The van der Waals surface area contributed by atoms with E-state index in [9.17, 15) is 19.5 Å². The van der Waals surface area contributed by atoms with Crippen LogP contribution in [0.15, 0.2) is 36.4 Å². The smallest absolute Gasteiger partial charge is 0.235 e. The van der Waals surface area contributed by atoms with Crippen LogP contribution in [0.4, 0.5) is 4.39 Å². The third kappa shape index (κ3) is 7.67. The number of halogens is 1. The molecule has 9 nitrogen and oxygen atoms in total. The van der Waals surface area contributed by atoms with E-state index in [-0.39, 0.29) is 36.3 Å². The molecule has 2 amide bonds. The molecule has 232 valence electrons. The number of amides is 2. The van der Waals surface area contributed by atoms with Gasteiger partial charge in [0.05, 0.1) is 37.8 Å². The van der Waals surface area contributed by atoms with Crippen LogP contribution in [0.1, 0.15) is 49.9 Å². The van der Waals surface area contributed by atoms with Crippen molar-refractivity contribution in [2.24, 2.45) is 0 Å². The highest BCUT2D eigenvalue weighted by Gasteiger charge is 2.57. The number of morpholine rings is 1. The van der Waals surface area contributed by atoms with Gasteiger partial charge in [0.25, 0.3) is 0 Å². The van der Waals surface area contributed by atoms with Crippen molar-refractivity contribution >= 4 is 50.0 Å². The summed E-state index contributed by atoms with van der Waals surface area (Å²) in [5.41, 5.74) is -4.32. The van der Waals surface area contributed by atoms with Crippen LogP contribution in [-0.2, 0) is 38.8 Å². The van der Waals surface area contributed by atoms with Crippen LogP contribution < -0.4 is 10.1 Å². The average Bonchev–Trinajstić information content (AvgIpc) is 2.93. The zero-order valence-corrected chi connectivity index (χ0v) is 26.7. The van der Waals surface area contributed by atoms with Crippen LogP contribution in [0.25, 0.3) is 0 Å². The number of aryl methyl sites for hydroxylation is 1. The molecular formula is C31H38B4FN3O6. The number of ether oxygens (including phenoxy) is 2. The standard InChI is InChI=1S/C31H38B4FN3O6/c1-20-8-7-9-25(23(20)14-39(19-41)30(33,26(42)37-6)31(34,35)29(32,43)18-40)44-15-22-11-10-21(12-24(22)36)13-38-16-27(2,3)45-28(4,5)17-38/h7-12,18-19,43H,13-17H2,1-6H3,(H,37,42). The first-order valence-corrected chi connectivity index (χ1v) is 14.4. The maximum absolute atomic E-state index is 15.3. The third-order valence-corrected chi connectivity index (χ3v) is 7.99. The summed E-state index contributed by atoms with van der Waals surface area (Å²) in [6, 6.07) is 9.99. The molecule has 0 bridgehead atoms. The number of carbonyl (C=O) groups excluding carboxylic acids is 3. The number of aliphatic hydroxyl groups is 1. The number of aldehydes is 1. The van der Waals surface area contributed by atoms with Gasteiger partial charge in [-0.2, -0.15) is 0 Å². The molecule has 0 spiro atoms. The molecule has 0 aliphatic carbocycles. The van der Waals surface area contributed by atoms with E-state index in [4.69, 9.17) is 40.9 Å². The van der Waals surface area contributed by atoms with Gasteiger partial charge in [0.2, 0.25) is 12.3 Å². The lowest BCUT2D eigenvalue weighted by Crippen LogP contribution is -2.71. The van der Waals surface area contributed by atoms with Crippen LogP contribution in [-0.4, -0.2) is 107 Å². The molecule has 2 aromatic carbocycles. The number of likely N-dealkylation sites (N-methyl/N-ethyl adjacent to an activating group) is 1. The second kappa shape index (κ2) is 13.3. The van der Waals surface area contributed by atoms with Crippen LogP contribution in [0.5, 0.6) is 5.75 Å². The van der Waals surface area contributed by atoms with E-state index in [0.29, 0.717) is 41.2 Å². The van der Waals surface area contributed by atoms with Gasteiger partial charge in [0.1, 0.15) is 40.2 Å². The van der Waals surface area contributed by atoms with Gasteiger partial charge in [-0.25, -0.2) is 4.39 Å². The van der Waals surface area contributed by atoms with E-state index in [2.05, 4.69) is 10.2 Å². The zero-order valence-electron chi connectivity index (χ0n) is 26.7. The Morgan fingerprint density at radius 1 is 1.13 bits per heavy atom. The molecule has 14 heteroatoms. The first kappa shape index (κ1) is 36.4. The van der Waals surface area contributed by atoms with Gasteiger partial charge >= 0.3 is 0 Å². The Bertz CT molecular complexity index is 1410.